The summed E-state index contributed by atoms with van der Waals surface area (Å²) in [4.78, 5) is 11.1. The molecular weight excluding hydrogens is 340 g/mol. The number of hydrogen-bond acceptors (Lipinski definition) is 9. The second kappa shape index (κ2) is 10.3. The highest BCUT2D eigenvalue weighted by atomic mass is 16.7. The molecule has 1 fully saturated rings. The summed E-state index contributed by atoms with van der Waals surface area (Å²) in [5.74, 6) is -4.98. The number of aliphatic hydroxyl groups excluding tert-OH is 3. The van der Waals surface area contributed by atoms with Crippen LogP contribution >= 0.6 is 0 Å². The van der Waals surface area contributed by atoms with E-state index in [0.29, 0.717) is 13.2 Å². The smallest absolute Gasteiger partial charge is 0.364 e. The van der Waals surface area contributed by atoms with Gasteiger partial charge in [0.25, 0.3) is 5.79 Å². The maximum atomic E-state index is 11.1. The third-order valence-corrected chi connectivity index (χ3v) is 4.10. The summed E-state index contributed by atoms with van der Waals surface area (Å²) >= 11 is 0. The number of carbonyl (C=O) groups is 1. The molecule has 5 N–H and O–H groups in total. The second-order valence-corrected chi connectivity index (χ2v) is 6.04. The van der Waals surface area contributed by atoms with Crippen LogP contribution in [0.4, 0.5) is 0 Å². The molecule has 0 aromatic carbocycles. The molecule has 6 atom stereocenters. The first kappa shape index (κ1) is 22.2. The van der Waals surface area contributed by atoms with E-state index in [1.807, 2.05) is 0 Å². The zero-order valence-corrected chi connectivity index (χ0v) is 14.4. The summed E-state index contributed by atoms with van der Waals surface area (Å²) in [6, 6.07) is 0. The monoisotopic (exact) mass is 368 g/mol. The van der Waals surface area contributed by atoms with Gasteiger partial charge in [0.1, 0.15) is 12.2 Å². The molecule has 1 rings (SSSR count). The van der Waals surface area contributed by atoms with Crippen LogP contribution in [0.1, 0.15) is 13.3 Å². The van der Waals surface area contributed by atoms with Crippen molar-refractivity contribution in [2.75, 3.05) is 40.1 Å². The summed E-state index contributed by atoms with van der Waals surface area (Å²) in [6.45, 7) is 2.59. The van der Waals surface area contributed by atoms with E-state index in [0.717, 1.165) is 0 Å². The summed E-state index contributed by atoms with van der Waals surface area (Å²) in [6.07, 6.45) is -5.96. The maximum Gasteiger partial charge on any atom is 0.364 e. The predicted molar refractivity (Wildman–Crippen MR) is 82.8 cm³/mol. The van der Waals surface area contributed by atoms with Crippen molar-refractivity contribution in [3.63, 3.8) is 0 Å². The number of methoxy groups -OCH3 is 1. The van der Waals surface area contributed by atoms with E-state index in [1.165, 1.54) is 6.92 Å². The van der Waals surface area contributed by atoms with Gasteiger partial charge in [-0.2, -0.15) is 0 Å². The quantitative estimate of drug-likeness (QED) is 0.257. The Hall–Kier alpha value is -0.850. The highest BCUT2D eigenvalue weighted by Gasteiger charge is 2.52. The van der Waals surface area contributed by atoms with Crippen molar-refractivity contribution in [2.24, 2.45) is 5.92 Å². The molecule has 1 aliphatic rings. The first-order valence-electron chi connectivity index (χ1n) is 8.05. The van der Waals surface area contributed by atoms with Crippen LogP contribution < -0.4 is 0 Å². The first-order valence-corrected chi connectivity index (χ1v) is 8.05. The zero-order valence-electron chi connectivity index (χ0n) is 14.4. The molecule has 1 saturated heterocycles. The Labute approximate surface area is 145 Å². The van der Waals surface area contributed by atoms with Crippen molar-refractivity contribution in [1.82, 2.24) is 0 Å². The molecule has 10 nitrogen and oxygen atoms in total. The summed E-state index contributed by atoms with van der Waals surface area (Å²) in [5.41, 5.74) is 0. The standard InChI is InChI=1S/C15H28O10/c1-9-10(16)7-15(21,14(19)20)25-13(9)12(18)11(17)8-24-6-5-23-4-3-22-2/h9-13,16-18,21H,3-8H2,1-2H3,(H,19,20)/t9-,10-,11-,12-,13?,15?/m1/s1. The molecule has 25 heavy (non-hydrogen) atoms. The van der Waals surface area contributed by atoms with E-state index < -0.39 is 48.5 Å². The number of hydrogen-bond donors (Lipinski definition) is 5. The van der Waals surface area contributed by atoms with Crippen molar-refractivity contribution in [3.05, 3.63) is 0 Å². The molecule has 0 bridgehead atoms. The molecule has 0 amide bonds. The third kappa shape index (κ3) is 6.42. The van der Waals surface area contributed by atoms with Gasteiger partial charge in [0.15, 0.2) is 0 Å². The van der Waals surface area contributed by atoms with Gasteiger partial charge < -0.3 is 44.5 Å². The minimum atomic E-state index is -2.62. The number of aliphatic carboxylic acids is 1. The van der Waals surface area contributed by atoms with Gasteiger partial charge in [-0.1, -0.05) is 6.92 Å². The topological polar surface area (TPSA) is 155 Å². The Morgan fingerprint density at radius 2 is 1.84 bits per heavy atom. The minimum Gasteiger partial charge on any atom is -0.477 e. The van der Waals surface area contributed by atoms with E-state index in [9.17, 15) is 25.2 Å². The predicted octanol–water partition coefficient (Wildman–Crippen LogP) is -2.05. The van der Waals surface area contributed by atoms with E-state index >= 15 is 0 Å². The van der Waals surface area contributed by atoms with Crippen molar-refractivity contribution < 1.29 is 49.3 Å². The maximum absolute atomic E-state index is 11.1. The molecule has 1 aliphatic heterocycles. The van der Waals surface area contributed by atoms with Gasteiger partial charge in [0, 0.05) is 19.4 Å². The Kier molecular flexibility index (Phi) is 9.17. The van der Waals surface area contributed by atoms with E-state index in [-0.39, 0.29) is 19.8 Å². The van der Waals surface area contributed by atoms with Crippen LogP contribution in [0.5, 0.6) is 0 Å². The summed E-state index contributed by atoms with van der Waals surface area (Å²) in [5, 5.41) is 49.1. The lowest BCUT2D eigenvalue weighted by molar-refractivity contribution is -0.302. The number of rotatable bonds is 11. The summed E-state index contributed by atoms with van der Waals surface area (Å²) < 4.78 is 20.2. The molecular formula is C15H28O10. The third-order valence-electron chi connectivity index (χ3n) is 4.10. The molecule has 148 valence electrons. The van der Waals surface area contributed by atoms with Gasteiger partial charge in [-0.05, 0) is 0 Å². The fourth-order valence-electron chi connectivity index (χ4n) is 2.47. The molecule has 0 radical (unpaired) electrons. The number of ether oxygens (including phenoxy) is 4. The van der Waals surface area contributed by atoms with E-state index in [2.05, 4.69) is 0 Å². The SMILES string of the molecule is COCCOCCOC[C@@H](O)[C@@H](O)C1OC(O)(C(=O)O)C[C@@H](O)[C@H]1C. The van der Waals surface area contributed by atoms with Gasteiger partial charge in [-0.15, -0.1) is 0 Å². The van der Waals surface area contributed by atoms with Crippen molar-refractivity contribution in [3.8, 4) is 0 Å². The molecule has 2 unspecified atom stereocenters. The molecule has 10 heteroatoms. The van der Waals surface area contributed by atoms with Crippen LogP contribution in [0, 0.1) is 5.92 Å². The van der Waals surface area contributed by atoms with Crippen LogP contribution in [0.15, 0.2) is 0 Å². The van der Waals surface area contributed by atoms with Crippen molar-refractivity contribution in [2.45, 2.75) is 43.5 Å². The second-order valence-electron chi connectivity index (χ2n) is 6.04. The van der Waals surface area contributed by atoms with Gasteiger partial charge in [0.05, 0.1) is 45.2 Å². The molecule has 1 heterocycles. The van der Waals surface area contributed by atoms with Gasteiger partial charge in [-0.3, -0.25) is 0 Å². The van der Waals surface area contributed by atoms with Crippen molar-refractivity contribution in [1.29, 1.82) is 0 Å². The molecule has 0 aromatic heterocycles. The highest BCUT2D eigenvalue weighted by molar-refractivity contribution is 5.75. The lowest BCUT2D eigenvalue weighted by Gasteiger charge is -2.43. The Bertz CT molecular complexity index is 406. The van der Waals surface area contributed by atoms with Crippen LogP contribution in [-0.2, 0) is 23.7 Å². The Balaban J connectivity index is 2.47. The average Bonchev–Trinajstić information content (AvgIpc) is 2.56. The van der Waals surface area contributed by atoms with Crippen LogP contribution in [0.2, 0.25) is 0 Å². The Morgan fingerprint density at radius 1 is 1.24 bits per heavy atom. The van der Waals surface area contributed by atoms with Gasteiger partial charge in [-0.25, -0.2) is 4.79 Å². The molecule has 0 aromatic rings. The van der Waals surface area contributed by atoms with E-state index in [4.69, 9.17) is 24.1 Å². The van der Waals surface area contributed by atoms with Crippen molar-refractivity contribution >= 4 is 5.97 Å². The van der Waals surface area contributed by atoms with Gasteiger partial charge in [0.2, 0.25) is 0 Å². The zero-order chi connectivity index (χ0) is 19.0. The highest BCUT2D eigenvalue weighted by Crippen LogP contribution is 2.33. The normalized spacial score (nSPS) is 32.3. The fourth-order valence-corrected chi connectivity index (χ4v) is 2.47. The molecule has 0 aliphatic carbocycles. The summed E-state index contributed by atoms with van der Waals surface area (Å²) in [7, 11) is 1.55. The number of aliphatic hydroxyl groups is 4. The molecule has 0 spiro atoms. The van der Waals surface area contributed by atoms with E-state index in [1.54, 1.807) is 7.11 Å². The fraction of sp³-hybridized carbons (Fsp3) is 0.933. The first-order chi connectivity index (χ1) is 11.7. The molecule has 0 saturated carbocycles. The Morgan fingerprint density at radius 3 is 2.44 bits per heavy atom. The van der Waals surface area contributed by atoms with Crippen LogP contribution in [-0.4, -0.2) is 102 Å². The van der Waals surface area contributed by atoms with Crippen LogP contribution in [0.25, 0.3) is 0 Å². The largest absolute Gasteiger partial charge is 0.477 e. The minimum absolute atomic E-state index is 0.177. The number of carboxylic acid groups (broad SMARTS) is 1. The average molecular weight is 368 g/mol. The lowest BCUT2D eigenvalue weighted by atomic mass is 9.85. The van der Waals surface area contributed by atoms with Crippen LogP contribution in [0.3, 0.4) is 0 Å². The number of carboxylic acids is 1. The van der Waals surface area contributed by atoms with Gasteiger partial charge >= 0.3 is 5.97 Å². The lowest BCUT2D eigenvalue weighted by Crippen LogP contribution is -2.60.